The first-order valence-corrected chi connectivity index (χ1v) is 20.8. The van der Waals surface area contributed by atoms with Crippen molar-refractivity contribution in [3.8, 4) is 0 Å². The Kier molecular flexibility index (Phi) is 38.6. The van der Waals surface area contributed by atoms with Gasteiger partial charge in [0, 0.05) is 12.5 Å². The molecule has 2 unspecified atom stereocenters. The van der Waals surface area contributed by atoms with Crippen LogP contribution in [0.3, 0.4) is 0 Å². The number of rotatable bonds is 41. The van der Waals surface area contributed by atoms with E-state index in [1.54, 1.807) is 0 Å². The third kappa shape index (κ3) is 36.4. The molecule has 1 amide bonds. The topological polar surface area (TPSA) is 103 Å². The molecule has 0 aliphatic rings. The van der Waals surface area contributed by atoms with E-state index in [0.717, 1.165) is 19.3 Å². The summed E-state index contributed by atoms with van der Waals surface area (Å²) in [6.45, 7) is 10.7. The van der Waals surface area contributed by atoms with Gasteiger partial charge in [0.2, 0.25) is 5.91 Å². The zero-order valence-electron chi connectivity index (χ0n) is 32.6. The summed E-state index contributed by atoms with van der Waals surface area (Å²) in [7, 11) is 0. The molecule has 2 N–H and O–H groups in total. The Morgan fingerprint density at radius 3 is 1.24 bits per heavy atom. The molecule has 0 heterocycles. The average Bonchev–Trinajstić information content (AvgIpc) is 3.09. The van der Waals surface area contributed by atoms with Crippen LogP contribution in [0.5, 0.6) is 0 Å². The second kappa shape index (κ2) is 39.6. The Morgan fingerprint density at radius 1 is 0.490 bits per heavy atom. The number of nitrogens with one attached hydrogen (secondary N) is 1. The highest BCUT2D eigenvalue weighted by molar-refractivity contribution is 5.78. The van der Waals surface area contributed by atoms with Gasteiger partial charge >= 0.3 is 5.97 Å². The number of carboxylic acids is 1. The van der Waals surface area contributed by atoms with E-state index >= 15 is 0 Å². The normalized spacial score (nSPS) is 12.7. The Bertz CT molecular complexity index is 693. The van der Waals surface area contributed by atoms with Crippen molar-refractivity contribution < 1.29 is 33.6 Å². The molecule has 8 nitrogen and oxygen atoms in total. The molecule has 292 valence electrons. The number of hydrogen-bond donors (Lipinski definition) is 2. The summed E-state index contributed by atoms with van der Waals surface area (Å²) in [6, 6.07) is 0. The van der Waals surface area contributed by atoms with Gasteiger partial charge in [0.05, 0.1) is 59.3 Å². The Hall–Kier alpha value is -1.22. The van der Waals surface area contributed by atoms with Gasteiger partial charge in [0.15, 0.2) is 0 Å². The van der Waals surface area contributed by atoms with Crippen LogP contribution in [0.15, 0.2) is 0 Å². The number of carboxylic acid groups (broad SMARTS) is 1. The summed E-state index contributed by atoms with van der Waals surface area (Å²) in [5.74, 6) is -0.161. The van der Waals surface area contributed by atoms with Gasteiger partial charge in [-0.3, -0.25) is 9.59 Å². The standard InChI is InChI=1S/C41H81NO7/c1-4-6-8-10-12-14-16-17-19-21-23-25-27-39(38(3)26-24-22-20-18-15-13-11-9-7-5-2)41(45)42-29-31-47-33-35-49-37-36-48-34-32-46-30-28-40(43)44/h38-39H,4-37H2,1-3H3,(H,42,45)(H,43,44). The van der Waals surface area contributed by atoms with Crippen molar-refractivity contribution in [3.63, 3.8) is 0 Å². The zero-order chi connectivity index (χ0) is 35.9. The van der Waals surface area contributed by atoms with Crippen LogP contribution in [0.2, 0.25) is 0 Å². The molecule has 0 aliphatic heterocycles. The number of ether oxygens (including phenoxy) is 4. The van der Waals surface area contributed by atoms with Crippen LogP contribution in [0.25, 0.3) is 0 Å². The first kappa shape index (κ1) is 47.8. The van der Waals surface area contributed by atoms with Crippen molar-refractivity contribution in [2.45, 2.75) is 181 Å². The van der Waals surface area contributed by atoms with E-state index in [1.165, 1.54) is 135 Å². The second-order valence-electron chi connectivity index (χ2n) is 14.1. The molecule has 0 spiro atoms. The number of hydrogen-bond acceptors (Lipinski definition) is 6. The lowest BCUT2D eigenvalue weighted by molar-refractivity contribution is -0.138. The maximum Gasteiger partial charge on any atom is 0.305 e. The highest BCUT2D eigenvalue weighted by atomic mass is 16.6. The predicted molar refractivity (Wildman–Crippen MR) is 203 cm³/mol. The first-order chi connectivity index (χ1) is 24.0. The van der Waals surface area contributed by atoms with E-state index < -0.39 is 5.97 Å². The summed E-state index contributed by atoms with van der Waals surface area (Å²) >= 11 is 0. The number of carbonyl (C=O) groups excluding carboxylic acids is 1. The van der Waals surface area contributed by atoms with Crippen LogP contribution in [0, 0.1) is 11.8 Å². The van der Waals surface area contributed by atoms with Crippen LogP contribution in [-0.2, 0) is 28.5 Å². The van der Waals surface area contributed by atoms with Crippen LogP contribution in [0.4, 0.5) is 0 Å². The average molecular weight is 700 g/mol. The molecular weight excluding hydrogens is 618 g/mol. The van der Waals surface area contributed by atoms with E-state index in [0.29, 0.717) is 58.7 Å². The van der Waals surface area contributed by atoms with Gasteiger partial charge in [-0.1, -0.05) is 162 Å². The van der Waals surface area contributed by atoms with Gasteiger partial charge in [-0.2, -0.15) is 0 Å². The Morgan fingerprint density at radius 2 is 0.837 bits per heavy atom. The van der Waals surface area contributed by atoms with E-state index in [4.69, 9.17) is 24.1 Å². The molecule has 0 rings (SSSR count). The fraction of sp³-hybridized carbons (Fsp3) is 0.951. The lowest BCUT2D eigenvalue weighted by Gasteiger charge is -2.23. The summed E-state index contributed by atoms with van der Waals surface area (Å²) in [5, 5.41) is 11.7. The molecule has 49 heavy (non-hydrogen) atoms. The Labute approximate surface area is 302 Å². The predicted octanol–water partition coefficient (Wildman–Crippen LogP) is 10.3. The van der Waals surface area contributed by atoms with Crippen molar-refractivity contribution in [1.82, 2.24) is 5.32 Å². The minimum Gasteiger partial charge on any atom is -0.481 e. The molecule has 0 aromatic carbocycles. The molecule has 8 heteroatoms. The molecular formula is C41H81NO7. The fourth-order valence-electron chi connectivity index (χ4n) is 6.33. The minimum absolute atomic E-state index is 0.00537. The highest BCUT2D eigenvalue weighted by Gasteiger charge is 2.24. The largest absolute Gasteiger partial charge is 0.481 e. The maximum absolute atomic E-state index is 13.3. The number of amides is 1. The lowest BCUT2D eigenvalue weighted by atomic mass is 9.84. The third-order valence-electron chi connectivity index (χ3n) is 9.53. The van der Waals surface area contributed by atoms with Crippen molar-refractivity contribution >= 4 is 11.9 Å². The fourth-order valence-corrected chi connectivity index (χ4v) is 6.33. The number of unbranched alkanes of at least 4 members (excludes halogenated alkanes) is 20. The smallest absolute Gasteiger partial charge is 0.305 e. The lowest BCUT2D eigenvalue weighted by Crippen LogP contribution is -2.36. The van der Waals surface area contributed by atoms with Crippen LogP contribution >= 0.6 is 0 Å². The summed E-state index contributed by atoms with van der Waals surface area (Å²) < 4.78 is 21.8. The summed E-state index contributed by atoms with van der Waals surface area (Å²) in [5.41, 5.74) is 0. The number of carbonyl (C=O) groups is 2. The van der Waals surface area contributed by atoms with Crippen LogP contribution < -0.4 is 5.32 Å². The van der Waals surface area contributed by atoms with Crippen molar-refractivity contribution in [1.29, 1.82) is 0 Å². The zero-order valence-corrected chi connectivity index (χ0v) is 32.6. The van der Waals surface area contributed by atoms with Crippen LogP contribution in [0.1, 0.15) is 181 Å². The van der Waals surface area contributed by atoms with Crippen molar-refractivity contribution in [2.75, 3.05) is 59.4 Å². The van der Waals surface area contributed by atoms with E-state index in [1.807, 2.05) is 0 Å². The molecule has 0 aromatic rings. The second-order valence-corrected chi connectivity index (χ2v) is 14.1. The SMILES string of the molecule is CCCCCCCCCCCCCCC(C(=O)NCCOCCOCCOCCOCCC(=O)O)C(C)CCCCCCCCCCCC. The van der Waals surface area contributed by atoms with Crippen molar-refractivity contribution in [2.24, 2.45) is 11.8 Å². The molecule has 0 aromatic heterocycles. The van der Waals surface area contributed by atoms with Crippen molar-refractivity contribution in [3.05, 3.63) is 0 Å². The maximum atomic E-state index is 13.3. The molecule has 0 radical (unpaired) electrons. The van der Waals surface area contributed by atoms with Gasteiger partial charge in [-0.15, -0.1) is 0 Å². The van der Waals surface area contributed by atoms with E-state index in [-0.39, 0.29) is 24.9 Å². The minimum atomic E-state index is -0.863. The summed E-state index contributed by atoms with van der Waals surface area (Å²) in [6.07, 6.45) is 31.7. The van der Waals surface area contributed by atoms with E-state index in [2.05, 4.69) is 26.1 Å². The Balaban J connectivity index is 4.18. The third-order valence-corrected chi connectivity index (χ3v) is 9.53. The van der Waals surface area contributed by atoms with Gasteiger partial charge < -0.3 is 29.4 Å². The monoisotopic (exact) mass is 700 g/mol. The van der Waals surface area contributed by atoms with Gasteiger partial charge in [-0.05, 0) is 18.8 Å². The van der Waals surface area contributed by atoms with Gasteiger partial charge in [-0.25, -0.2) is 0 Å². The molecule has 0 fully saturated rings. The highest BCUT2D eigenvalue weighted by Crippen LogP contribution is 2.25. The molecule has 0 aliphatic carbocycles. The number of aliphatic carboxylic acids is 1. The summed E-state index contributed by atoms with van der Waals surface area (Å²) in [4.78, 5) is 23.7. The van der Waals surface area contributed by atoms with E-state index in [9.17, 15) is 9.59 Å². The van der Waals surface area contributed by atoms with Gasteiger partial charge in [0.1, 0.15) is 0 Å². The van der Waals surface area contributed by atoms with Crippen LogP contribution in [-0.4, -0.2) is 76.4 Å². The quantitative estimate of drug-likeness (QED) is 0.0612. The molecule has 2 atom stereocenters. The molecule has 0 saturated carbocycles. The molecule has 0 saturated heterocycles. The van der Waals surface area contributed by atoms with Gasteiger partial charge in [0.25, 0.3) is 0 Å². The first-order valence-electron chi connectivity index (χ1n) is 20.8. The molecule has 0 bridgehead atoms.